The number of nitrogen functional groups attached to an aromatic ring is 1. The van der Waals surface area contributed by atoms with Gasteiger partial charge in [-0.1, -0.05) is 12.0 Å². The fourth-order valence-corrected chi connectivity index (χ4v) is 1.58. The second-order valence-corrected chi connectivity index (χ2v) is 4.18. The summed E-state index contributed by atoms with van der Waals surface area (Å²) in [4.78, 5) is 17.9. The van der Waals surface area contributed by atoms with E-state index in [1.807, 2.05) is 0 Å². The van der Waals surface area contributed by atoms with Gasteiger partial charge in [-0.15, -0.1) is 0 Å². The highest BCUT2D eigenvalue weighted by Gasteiger charge is 2.34. The van der Waals surface area contributed by atoms with Gasteiger partial charge in [0.05, 0.1) is 0 Å². The van der Waals surface area contributed by atoms with Gasteiger partial charge in [0.15, 0.2) is 0 Å². The molecule has 1 aromatic carbocycles. The number of nitrogens with two attached hydrogens (primary N) is 2. The summed E-state index contributed by atoms with van der Waals surface area (Å²) in [5.74, 6) is 3.80. The summed E-state index contributed by atoms with van der Waals surface area (Å²) in [6.07, 6.45) is -4.07. The number of rotatable bonds is 1. The lowest BCUT2D eigenvalue weighted by Crippen LogP contribution is -2.11. The molecule has 0 bridgehead atoms. The van der Waals surface area contributed by atoms with Crippen molar-refractivity contribution in [2.75, 3.05) is 5.73 Å². The van der Waals surface area contributed by atoms with Crippen LogP contribution in [0.4, 0.5) is 19.1 Å². The molecule has 8 heteroatoms. The highest BCUT2D eigenvalue weighted by atomic mass is 19.4. The van der Waals surface area contributed by atoms with Crippen molar-refractivity contribution >= 4 is 11.9 Å². The van der Waals surface area contributed by atoms with Crippen molar-refractivity contribution in [1.29, 1.82) is 0 Å². The third kappa shape index (κ3) is 3.52. The monoisotopic (exact) mass is 306 g/mol. The van der Waals surface area contributed by atoms with Crippen molar-refractivity contribution in [2.45, 2.75) is 6.18 Å². The number of carbonyl (C=O) groups excluding carboxylic acids is 1. The zero-order valence-corrected chi connectivity index (χ0v) is 11.0. The molecule has 0 aliphatic rings. The summed E-state index contributed by atoms with van der Waals surface area (Å²) in [5.41, 5.74) is 9.30. The van der Waals surface area contributed by atoms with E-state index < -0.39 is 23.3 Å². The normalized spacial score (nSPS) is 10.7. The fraction of sp³-hybridized carbons (Fsp3) is 0.0714. The van der Waals surface area contributed by atoms with Gasteiger partial charge < -0.3 is 11.5 Å². The van der Waals surface area contributed by atoms with Gasteiger partial charge >= 0.3 is 6.18 Å². The zero-order chi connectivity index (χ0) is 16.3. The second-order valence-electron chi connectivity index (χ2n) is 4.18. The minimum atomic E-state index is -4.65. The highest BCUT2D eigenvalue weighted by Crippen LogP contribution is 2.30. The lowest BCUT2D eigenvalue weighted by atomic mass is 10.1. The van der Waals surface area contributed by atoms with Gasteiger partial charge in [-0.05, 0) is 24.1 Å². The van der Waals surface area contributed by atoms with Crippen LogP contribution in [0.2, 0.25) is 0 Å². The van der Waals surface area contributed by atoms with E-state index in [0.29, 0.717) is 11.8 Å². The van der Waals surface area contributed by atoms with Crippen molar-refractivity contribution in [3.8, 4) is 11.8 Å². The van der Waals surface area contributed by atoms with Crippen LogP contribution in [-0.2, 0) is 6.18 Å². The average molecular weight is 306 g/mol. The quantitative estimate of drug-likeness (QED) is 0.782. The summed E-state index contributed by atoms with van der Waals surface area (Å²) in [5, 5.41) is 0. The maximum absolute atomic E-state index is 12.8. The number of hydrogen-bond donors (Lipinski definition) is 2. The Morgan fingerprint density at radius 1 is 1.23 bits per heavy atom. The number of nitrogens with zero attached hydrogens (tertiary/aromatic N) is 2. The van der Waals surface area contributed by atoms with E-state index in [0.717, 1.165) is 0 Å². The van der Waals surface area contributed by atoms with Crippen molar-refractivity contribution in [3.63, 3.8) is 0 Å². The van der Waals surface area contributed by atoms with Crippen molar-refractivity contribution in [2.24, 2.45) is 5.73 Å². The molecule has 4 N–H and O–H groups in total. The molecule has 0 unspecified atom stereocenters. The highest BCUT2D eigenvalue weighted by molar-refractivity contribution is 5.93. The van der Waals surface area contributed by atoms with E-state index >= 15 is 0 Å². The Bertz CT molecular complexity index is 791. The molecule has 5 nitrogen and oxygen atoms in total. The second kappa shape index (κ2) is 5.73. The summed E-state index contributed by atoms with van der Waals surface area (Å²) < 4.78 is 38.5. The number of benzene rings is 1. The first-order valence-corrected chi connectivity index (χ1v) is 5.89. The van der Waals surface area contributed by atoms with E-state index in [2.05, 4.69) is 21.8 Å². The number of carbonyl (C=O) groups is 1. The first-order valence-electron chi connectivity index (χ1n) is 5.89. The van der Waals surface area contributed by atoms with Crippen LogP contribution < -0.4 is 11.5 Å². The van der Waals surface area contributed by atoms with E-state index in [4.69, 9.17) is 11.5 Å². The van der Waals surface area contributed by atoms with Crippen molar-refractivity contribution in [1.82, 2.24) is 9.97 Å². The van der Waals surface area contributed by atoms with Gasteiger partial charge in [-0.25, -0.2) is 9.97 Å². The topological polar surface area (TPSA) is 94.9 Å². The Balaban J connectivity index is 2.46. The molecule has 0 fully saturated rings. The Morgan fingerprint density at radius 3 is 2.59 bits per heavy atom. The number of alkyl halides is 3. The summed E-state index contributed by atoms with van der Waals surface area (Å²) in [6, 6.07) is 5.88. The predicted molar refractivity (Wildman–Crippen MR) is 72.4 cm³/mol. The minimum Gasteiger partial charge on any atom is -0.368 e. The molecule has 22 heavy (non-hydrogen) atoms. The molecule has 0 radical (unpaired) electrons. The molecule has 112 valence electrons. The zero-order valence-electron chi connectivity index (χ0n) is 11.0. The summed E-state index contributed by atoms with van der Waals surface area (Å²) >= 11 is 0. The first-order chi connectivity index (χ1) is 10.3. The van der Waals surface area contributed by atoms with Crippen LogP contribution in [0, 0.1) is 11.8 Å². The molecule has 0 aliphatic heterocycles. The van der Waals surface area contributed by atoms with Crippen LogP contribution in [0.15, 0.2) is 30.5 Å². The number of aromatic nitrogens is 2. The molecule has 0 atom stereocenters. The standard InChI is InChI=1S/C14H9F3N4O/c15-14(16,17)10-7-20-13(19)21-11(10)5-4-8-2-1-3-9(6-8)12(18)22/h1-3,6-7H,(H2,18,22)(H2,19,20,21). The molecule has 2 rings (SSSR count). The Morgan fingerprint density at radius 2 is 1.95 bits per heavy atom. The number of primary amides is 1. The molecule has 0 spiro atoms. The predicted octanol–water partition coefficient (Wildman–Crippen LogP) is 1.58. The van der Waals surface area contributed by atoms with E-state index in [9.17, 15) is 18.0 Å². The molecule has 1 amide bonds. The third-order valence-corrected chi connectivity index (χ3v) is 2.59. The van der Waals surface area contributed by atoms with Crippen molar-refractivity contribution < 1.29 is 18.0 Å². The number of halogens is 3. The lowest BCUT2D eigenvalue weighted by Gasteiger charge is -2.07. The minimum absolute atomic E-state index is 0.199. The van der Waals surface area contributed by atoms with E-state index in [-0.39, 0.29) is 11.5 Å². The Labute approximate surface area is 123 Å². The molecule has 1 aromatic heterocycles. The largest absolute Gasteiger partial charge is 0.420 e. The van der Waals surface area contributed by atoms with Crippen LogP contribution in [0.3, 0.4) is 0 Å². The van der Waals surface area contributed by atoms with Crippen LogP contribution in [0.1, 0.15) is 27.2 Å². The maximum atomic E-state index is 12.8. The van der Waals surface area contributed by atoms with E-state index in [1.165, 1.54) is 24.3 Å². The van der Waals surface area contributed by atoms with Gasteiger partial charge in [0.1, 0.15) is 11.3 Å². The smallest absolute Gasteiger partial charge is 0.368 e. The van der Waals surface area contributed by atoms with E-state index in [1.54, 1.807) is 0 Å². The van der Waals surface area contributed by atoms with Crippen LogP contribution in [-0.4, -0.2) is 15.9 Å². The van der Waals surface area contributed by atoms with Gasteiger partial charge in [0.25, 0.3) is 0 Å². The van der Waals surface area contributed by atoms with Gasteiger partial charge in [-0.3, -0.25) is 4.79 Å². The number of anilines is 1. The first kappa shape index (κ1) is 15.3. The summed E-state index contributed by atoms with van der Waals surface area (Å²) in [6.45, 7) is 0. The molecule has 2 aromatic rings. The molecule has 0 saturated heterocycles. The molecule has 0 saturated carbocycles. The Kier molecular flexibility index (Phi) is 3.99. The molecule has 0 aliphatic carbocycles. The van der Waals surface area contributed by atoms with Crippen molar-refractivity contribution in [3.05, 3.63) is 52.8 Å². The lowest BCUT2D eigenvalue weighted by molar-refractivity contribution is -0.138. The average Bonchev–Trinajstić information content (AvgIpc) is 2.44. The molecule has 1 heterocycles. The van der Waals surface area contributed by atoms with Crippen LogP contribution in [0.25, 0.3) is 0 Å². The number of amides is 1. The summed E-state index contributed by atoms with van der Waals surface area (Å²) in [7, 11) is 0. The molecular formula is C14H9F3N4O. The van der Waals surface area contributed by atoms with Gasteiger partial charge in [0.2, 0.25) is 11.9 Å². The van der Waals surface area contributed by atoms with Gasteiger partial charge in [-0.2, -0.15) is 13.2 Å². The Hall–Kier alpha value is -3.08. The van der Waals surface area contributed by atoms with Crippen LogP contribution in [0.5, 0.6) is 0 Å². The fourth-order valence-electron chi connectivity index (χ4n) is 1.58. The number of hydrogen-bond acceptors (Lipinski definition) is 4. The molecular weight excluding hydrogens is 297 g/mol. The van der Waals surface area contributed by atoms with Gasteiger partial charge in [0, 0.05) is 17.3 Å². The maximum Gasteiger partial charge on any atom is 0.420 e. The third-order valence-electron chi connectivity index (χ3n) is 2.59. The SMILES string of the molecule is NC(=O)c1cccc(C#Cc2nc(N)ncc2C(F)(F)F)c1. The van der Waals surface area contributed by atoms with Crippen LogP contribution >= 0.6 is 0 Å².